The molecule has 5 heteroatoms. The first-order chi connectivity index (χ1) is 10.4. The van der Waals surface area contributed by atoms with Gasteiger partial charge in [0.1, 0.15) is 17.0 Å². The second-order valence-electron chi connectivity index (χ2n) is 4.86. The Labute approximate surface area is 127 Å². The van der Waals surface area contributed by atoms with E-state index in [1.807, 2.05) is 29.6 Å². The number of nitrogens with zero attached hydrogens (tertiary/aromatic N) is 2. The Morgan fingerprint density at radius 3 is 2.81 bits per heavy atom. The minimum Gasteiger partial charge on any atom is -0.396 e. The lowest BCUT2D eigenvalue weighted by Crippen LogP contribution is -2.15. The molecule has 0 aliphatic rings. The van der Waals surface area contributed by atoms with Crippen LogP contribution in [-0.4, -0.2) is 28.2 Å². The lowest BCUT2D eigenvalue weighted by molar-refractivity contribution is 0.277. The van der Waals surface area contributed by atoms with Crippen LogP contribution in [0.4, 0.5) is 5.82 Å². The Bertz CT molecular complexity index is 699. The molecule has 0 fully saturated rings. The van der Waals surface area contributed by atoms with E-state index in [0.29, 0.717) is 0 Å². The van der Waals surface area contributed by atoms with Gasteiger partial charge in [0.15, 0.2) is 0 Å². The number of thiophene rings is 1. The van der Waals surface area contributed by atoms with Crippen LogP contribution < -0.4 is 5.32 Å². The van der Waals surface area contributed by atoms with Gasteiger partial charge in [-0.1, -0.05) is 30.3 Å². The number of aromatic nitrogens is 2. The maximum absolute atomic E-state index is 9.28. The van der Waals surface area contributed by atoms with Crippen LogP contribution in [0.25, 0.3) is 10.2 Å². The van der Waals surface area contributed by atoms with Crippen LogP contribution in [0, 0.1) is 0 Å². The van der Waals surface area contributed by atoms with Crippen LogP contribution >= 0.6 is 11.3 Å². The van der Waals surface area contributed by atoms with Gasteiger partial charge in [0, 0.05) is 19.1 Å². The first kappa shape index (κ1) is 14.0. The third-order valence-corrected chi connectivity index (χ3v) is 4.35. The molecule has 2 heterocycles. The molecule has 0 radical (unpaired) electrons. The van der Waals surface area contributed by atoms with Crippen molar-refractivity contribution in [1.82, 2.24) is 9.97 Å². The summed E-state index contributed by atoms with van der Waals surface area (Å²) in [5.74, 6) is 1.12. The Morgan fingerprint density at radius 1 is 1.14 bits per heavy atom. The highest BCUT2D eigenvalue weighted by atomic mass is 32.1. The summed E-state index contributed by atoms with van der Waals surface area (Å²) in [6.07, 6.45) is 2.32. The average Bonchev–Trinajstić information content (AvgIpc) is 3.01. The number of nitrogens with one attached hydrogen (secondary N) is 1. The first-order valence-electron chi connectivity index (χ1n) is 6.96. The lowest BCUT2D eigenvalue weighted by Gasteiger charge is -2.17. The third-order valence-electron chi connectivity index (χ3n) is 3.53. The average molecular weight is 299 g/mol. The van der Waals surface area contributed by atoms with Gasteiger partial charge in [-0.3, -0.25) is 0 Å². The molecule has 108 valence electrons. The molecule has 1 unspecified atom stereocenters. The topological polar surface area (TPSA) is 58.0 Å². The maximum Gasteiger partial charge on any atom is 0.138 e. The zero-order valence-electron chi connectivity index (χ0n) is 11.6. The van der Waals surface area contributed by atoms with Crippen molar-refractivity contribution >= 4 is 27.4 Å². The minimum absolute atomic E-state index is 0.179. The molecule has 0 saturated heterocycles. The van der Waals surface area contributed by atoms with Crippen molar-refractivity contribution in [3.05, 3.63) is 53.7 Å². The molecule has 3 aromatic rings. The normalized spacial score (nSPS) is 12.4. The summed E-state index contributed by atoms with van der Waals surface area (Å²) in [6.45, 7) is 0.922. The fraction of sp³-hybridized carbons (Fsp3) is 0.250. The largest absolute Gasteiger partial charge is 0.396 e. The van der Waals surface area contributed by atoms with E-state index >= 15 is 0 Å². The smallest absolute Gasteiger partial charge is 0.138 e. The van der Waals surface area contributed by atoms with E-state index in [9.17, 15) is 5.11 Å². The summed E-state index contributed by atoms with van der Waals surface area (Å²) in [5.41, 5.74) is 1.23. The van der Waals surface area contributed by atoms with E-state index in [0.717, 1.165) is 29.0 Å². The van der Waals surface area contributed by atoms with E-state index in [4.69, 9.17) is 0 Å². The molecule has 0 bridgehead atoms. The molecular formula is C16H17N3OS. The molecule has 0 spiro atoms. The van der Waals surface area contributed by atoms with E-state index in [-0.39, 0.29) is 12.5 Å². The number of hydrogen-bond donors (Lipinski definition) is 2. The highest BCUT2D eigenvalue weighted by Crippen LogP contribution is 2.25. The molecule has 0 aliphatic heterocycles. The summed E-state index contributed by atoms with van der Waals surface area (Å²) < 4.78 is 0. The molecule has 2 aromatic heterocycles. The van der Waals surface area contributed by atoms with Crippen LogP contribution in [0.15, 0.2) is 48.1 Å². The Hall–Kier alpha value is -1.98. The maximum atomic E-state index is 9.28. The standard InChI is InChI=1S/C16H17N3OS/c20-8-6-13(12-4-2-1-3-5-12)10-17-15-14-7-9-21-16(14)19-11-18-15/h1-5,7,9,11,13,20H,6,8,10H2,(H,17,18,19). The number of aliphatic hydroxyl groups is 1. The summed E-state index contributed by atoms with van der Waals surface area (Å²) in [4.78, 5) is 9.57. The molecule has 21 heavy (non-hydrogen) atoms. The monoisotopic (exact) mass is 299 g/mol. The van der Waals surface area contributed by atoms with Gasteiger partial charge in [-0.2, -0.15) is 0 Å². The van der Waals surface area contributed by atoms with Gasteiger partial charge in [-0.05, 0) is 23.4 Å². The van der Waals surface area contributed by atoms with E-state index in [1.54, 1.807) is 17.7 Å². The lowest BCUT2D eigenvalue weighted by atomic mass is 9.96. The van der Waals surface area contributed by atoms with Crippen molar-refractivity contribution in [1.29, 1.82) is 0 Å². The number of fused-ring (bicyclic) bond motifs is 1. The molecule has 4 nitrogen and oxygen atoms in total. The van der Waals surface area contributed by atoms with Gasteiger partial charge < -0.3 is 10.4 Å². The summed E-state index contributed by atoms with van der Waals surface area (Å²) >= 11 is 1.61. The fourth-order valence-electron chi connectivity index (χ4n) is 2.42. The zero-order valence-corrected chi connectivity index (χ0v) is 12.4. The SMILES string of the molecule is OCCC(CNc1ncnc2sccc12)c1ccccc1. The second kappa shape index (κ2) is 6.65. The Kier molecular flexibility index (Phi) is 4.43. The molecule has 3 rings (SSSR count). The van der Waals surface area contributed by atoms with Gasteiger partial charge in [-0.15, -0.1) is 11.3 Å². The minimum atomic E-state index is 0.179. The van der Waals surface area contributed by atoms with Gasteiger partial charge >= 0.3 is 0 Å². The van der Waals surface area contributed by atoms with Crippen LogP contribution in [0.1, 0.15) is 17.9 Å². The van der Waals surface area contributed by atoms with E-state index < -0.39 is 0 Å². The van der Waals surface area contributed by atoms with Crippen LogP contribution in [-0.2, 0) is 0 Å². The van der Waals surface area contributed by atoms with Gasteiger partial charge in [0.25, 0.3) is 0 Å². The number of aliphatic hydroxyl groups excluding tert-OH is 1. The Morgan fingerprint density at radius 2 is 2.00 bits per heavy atom. The van der Waals surface area contributed by atoms with Gasteiger partial charge in [0.05, 0.1) is 5.39 Å². The molecule has 1 aromatic carbocycles. The number of benzene rings is 1. The highest BCUT2D eigenvalue weighted by molar-refractivity contribution is 7.16. The Balaban J connectivity index is 1.76. The third kappa shape index (κ3) is 3.20. The molecule has 0 aliphatic carbocycles. The molecule has 1 atom stereocenters. The first-order valence-corrected chi connectivity index (χ1v) is 7.84. The zero-order chi connectivity index (χ0) is 14.5. The van der Waals surface area contributed by atoms with Crippen LogP contribution in [0.2, 0.25) is 0 Å². The number of hydrogen-bond acceptors (Lipinski definition) is 5. The van der Waals surface area contributed by atoms with Crippen molar-refractivity contribution in [2.24, 2.45) is 0 Å². The van der Waals surface area contributed by atoms with E-state index in [2.05, 4.69) is 27.4 Å². The van der Waals surface area contributed by atoms with Crippen molar-refractivity contribution < 1.29 is 5.11 Å². The predicted octanol–water partition coefficient (Wildman–Crippen LogP) is 3.27. The number of rotatable bonds is 6. The predicted molar refractivity (Wildman–Crippen MR) is 86.8 cm³/mol. The van der Waals surface area contributed by atoms with Crippen LogP contribution in [0.3, 0.4) is 0 Å². The second-order valence-corrected chi connectivity index (χ2v) is 5.76. The van der Waals surface area contributed by atoms with Crippen molar-refractivity contribution in [3.63, 3.8) is 0 Å². The van der Waals surface area contributed by atoms with Crippen LogP contribution in [0.5, 0.6) is 0 Å². The van der Waals surface area contributed by atoms with Crippen molar-refractivity contribution in [2.75, 3.05) is 18.5 Å². The summed E-state index contributed by atoms with van der Waals surface area (Å²) in [7, 11) is 0. The van der Waals surface area contributed by atoms with Gasteiger partial charge in [0.2, 0.25) is 0 Å². The van der Waals surface area contributed by atoms with Crippen molar-refractivity contribution in [3.8, 4) is 0 Å². The van der Waals surface area contributed by atoms with E-state index in [1.165, 1.54) is 5.56 Å². The molecule has 2 N–H and O–H groups in total. The molecular weight excluding hydrogens is 282 g/mol. The summed E-state index contributed by atoms with van der Waals surface area (Å²) in [5, 5.41) is 15.8. The van der Waals surface area contributed by atoms with Gasteiger partial charge in [-0.25, -0.2) is 9.97 Å². The van der Waals surface area contributed by atoms with Crippen molar-refractivity contribution in [2.45, 2.75) is 12.3 Å². The molecule has 0 saturated carbocycles. The fourth-order valence-corrected chi connectivity index (χ4v) is 3.15. The number of anilines is 1. The quantitative estimate of drug-likeness (QED) is 0.733. The molecule has 0 amide bonds. The summed E-state index contributed by atoms with van der Waals surface area (Å²) in [6, 6.07) is 12.3. The highest BCUT2D eigenvalue weighted by Gasteiger charge is 2.12.